The molecule has 5 rings (SSSR count). The highest BCUT2D eigenvalue weighted by Gasteiger charge is 2.46. The molecule has 1 spiro atoms. The van der Waals surface area contributed by atoms with E-state index in [0.717, 1.165) is 38.6 Å². The van der Waals surface area contributed by atoms with Gasteiger partial charge in [-0.1, -0.05) is 17.8 Å². The summed E-state index contributed by atoms with van der Waals surface area (Å²) in [5, 5.41) is 2.20. The van der Waals surface area contributed by atoms with Gasteiger partial charge in [-0.2, -0.15) is 9.97 Å². The smallest absolute Gasteiger partial charge is 0.279 e. The Labute approximate surface area is 208 Å². The molecule has 10 heteroatoms. The van der Waals surface area contributed by atoms with Crippen molar-refractivity contribution in [3.8, 4) is 17.0 Å². The van der Waals surface area contributed by atoms with Gasteiger partial charge in [0.25, 0.3) is 5.19 Å². The first-order valence-electron chi connectivity index (χ1n) is 12.3. The summed E-state index contributed by atoms with van der Waals surface area (Å²) in [6.45, 7) is 1.49. The summed E-state index contributed by atoms with van der Waals surface area (Å²) in [7, 11) is 2.08. The van der Waals surface area contributed by atoms with Crippen LogP contribution in [-0.4, -0.2) is 57.7 Å². The molecule has 0 aromatic carbocycles. The van der Waals surface area contributed by atoms with E-state index >= 15 is 0 Å². The highest BCUT2D eigenvalue weighted by Crippen LogP contribution is 2.47. The molecule has 2 aromatic heterocycles. The van der Waals surface area contributed by atoms with Gasteiger partial charge in [0.05, 0.1) is 11.5 Å². The van der Waals surface area contributed by atoms with Crippen LogP contribution >= 0.6 is 11.3 Å². The highest BCUT2D eigenvalue weighted by molar-refractivity contribution is 7.11. The molecular formula is C25H31N5O4S. The first kappa shape index (κ1) is 23.9. The zero-order valence-electron chi connectivity index (χ0n) is 20.0. The Kier molecular flexibility index (Phi) is 6.84. The standard InChI is InChI=1S/C25H31N5O4S/c1-30-12-5-6-16(30)15-33-19-14-20(34-24-27-11-13-35-24)29-23(28-19)21(32)17-7-4-10-25(22(17)26)9-3-2-8-18(25)31/h11,13-14,16H,2-10,12,15,26H2,1H3/t16-,25+/m0/s1. The maximum atomic E-state index is 13.7. The zero-order chi connectivity index (χ0) is 24.4. The summed E-state index contributed by atoms with van der Waals surface area (Å²) in [5.74, 6) is 0.206. The molecule has 2 aliphatic carbocycles. The van der Waals surface area contributed by atoms with Crippen LogP contribution in [0.15, 0.2) is 28.9 Å². The van der Waals surface area contributed by atoms with Crippen molar-refractivity contribution in [3.05, 3.63) is 34.7 Å². The number of allylic oxidation sites excluding steroid dienone is 2. The van der Waals surface area contributed by atoms with Crippen molar-refractivity contribution in [3.63, 3.8) is 0 Å². The Morgan fingerprint density at radius 3 is 2.77 bits per heavy atom. The quantitative estimate of drug-likeness (QED) is 0.568. The fourth-order valence-corrected chi connectivity index (χ4v) is 5.98. The van der Waals surface area contributed by atoms with E-state index in [4.69, 9.17) is 15.2 Å². The van der Waals surface area contributed by atoms with Gasteiger partial charge in [0.15, 0.2) is 0 Å². The van der Waals surface area contributed by atoms with Gasteiger partial charge < -0.3 is 20.1 Å². The number of nitrogens with zero attached hydrogens (tertiary/aromatic N) is 4. The predicted octanol–water partition coefficient (Wildman–Crippen LogP) is 3.91. The summed E-state index contributed by atoms with van der Waals surface area (Å²) < 4.78 is 11.8. The number of likely N-dealkylation sites (N-methyl/N-ethyl adjacent to an activating group) is 1. The monoisotopic (exact) mass is 497 g/mol. The predicted molar refractivity (Wildman–Crippen MR) is 131 cm³/mol. The average Bonchev–Trinajstić information content (AvgIpc) is 3.52. The number of hydrogen-bond acceptors (Lipinski definition) is 10. The number of hydrogen-bond donors (Lipinski definition) is 1. The largest absolute Gasteiger partial charge is 0.476 e. The van der Waals surface area contributed by atoms with Gasteiger partial charge in [-0.3, -0.25) is 9.59 Å². The Morgan fingerprint density at radius 1 is 1.20 bits per heavy atom. The summed E-state index contributed by atoms with van der Waals surface area (Å²) in [4.78, 5) is 41.8. The van der Waals surface area contributed by atoms with Crippen LogP contribution in [0, 0.1) is 5.41 Å². The number of aromatic nitrogens is 3. The highest BCUT2D eigenvalue weighted by atomic mass is 32.1. The molecule has 0 bridgehead atoms. The Bertz CT molecular complexity index is 1130. The minimum Gasteiger partial charge on any atom is -0.476 e. The molecule has 2 fully saturated rings. The number of Topliss-reactive ketones (excluding diaryl/α,β-unsaturated/α-hetero) is 2. The zero-order valence-corrected chi connectivity index (χ0v) is 20.8. The maximum Gasteiger partial charge on any atom is 0.279 e. The second-order valence-corrected chi connectivity index (χ2v) is 10.5. The summed E-state index contributed by atoms with van der Waals surface area (Å²) >= 11 is 1.32. The number of nitrogens with two attached hydrogens (primary N) is 1. The van der Waals surface area contributed by atoms with Crippen LogP contribution in [0.4, 0.5) is 0 Å². The van der Waals surface area contributed by atoms with Gasteiger partial charge in [-0.05, 0) is 58.5 Å². The van der Waals surface area contributed by atoms with Crippen molar-refractivity contribution in [2.24, 2.45) is 11.1 Å². The Morgan fingerprint density at radius 2 is 2.03 bits per heavy atom. The lowest BCUT2D eigenvalue weighted by Crippen LogP contribution is -2.42. The van der Waals surface area contributed by atoms with E-state index in [1.54, 1.807) is 17.6 Å². The minimum absolute atomic E-state index is 0.0351. The number of ether oxygens (including phenoxy) is 2. The van der Waals surface area contributed by atoms with E-state index < -0.39 is 5.41 Å². The summed E-state index contributed by atoms with van der Waals surface area (Å²) in [6, 6.07) is 1.87. The first-order valence-corrected chi connectivity index (χ1v) is 13.2. The molecule has 0 radical (unpaired) electrons. The van der Waals surface area contributed by atoms with Crippen molar-refractivity contribution in [2.75, 3.05) is 20.2 Å². The van der Waals surface area contributed by atoms with E-state index in [9.17, 15) is 9.59 Å². The molecule has 9 nitrogen and oxygen atoms in total. The van der Waals surface area contributed by atoms with Crippen LogP contribution in [0.1, 0.15) is 68.4 Å². The number of ketones is 2. The van der Waals surface area contributed by atoms with Crippen molar-refractivity contribution in [1.82, 2.24) is 19.9 Å². The fourth-order valence-electron chi connectivity index (χ4n) is 5.49. The van der Waals surface area contributed by atoms with Crippen molar-refractivity contribution < 1.29 is 19.1 Å². The van der Waals surface area contributed by atoms with E-state index in [1.807, 2.05) is 0 Å². The van der Waals surface area contributed by atoms with E-state index in [2.05, 4.69) is 26.9 Å². The van der Waals surface area contributed by atoms with Crippen molar-refractivity contribution in [2.45, 2.75) is 63.8 Å². The third-order valence-corrected chi connectivity index (χ3v) is 8.16. The number of thiazole rings is 1. The molecule has 1 saturated carbocycles. The van der Waals surface area contributed by atoms with E-state index in [0.29, 0.717) is 54.8 Å². The maximum absolute atomic E-state index is 13.7. The third-order valence-electron chi connectivity index (χ3n) is 7.52. The molecule has 3 aliphatic rings. The normalized spacial score (nSPS) is 25.3. The lowest BCUT2D eigenvalue weighted by Gasteiger charge is -2.40. The molecule has 1 aliphatic heterocycles. The number of likely N-dealkylation sites (tertiary alicyclic amines) is 1. The van der Waals surface area contributed by atoms with Gasteiger partial charge in [0.2, 0.25) is 23.4 Å². The van der Waals surface area contributed by atoms with Gasteiger partial charge in [0.1, 0.15) is 12.4 Å². The molecular weight excluding hydrogens is 466 g/mol. The summed E-state index contributed by atoms with van der Waals surface area (Å²) in [5.41, 5.74) is 6.70. The third kappa shape index (κ3) is 4.81. The topological polar surface area (TPSA) is 121 Å². The van der Waals surface area contributed by atoms with Crippen molar-refractivity contribution in [1.29, 1.82) is 0 Å². The molecule has 0 unspecified atom stereocenters. The van der Waals surface area contributed by atoms with Gasteiger partial charge in [0, 0.05) is 35.3 Å². The molecule has 2 atom stereocenters. The molecule has 0 amide bonds. The lowest BCUT2D eigenvalue weighted by atomic mass is 9.64. The van der Waals surface area contributed by atoms with E-state index in [-0.39, 0.29) is 29.2 Å². The number of carbonyl (C=O) groups is 2. The number of rotatable bonds is 7. The molecule has 2 N–H and O–H groups in total. The Hall–Kier alpha value is -2.85. The number of carbonyl (C=O) groups excluding carboxylic acids is 2. The van der Waals surface area contributed by atoms with Gasteiger partial charge in [-0.25, -0.2) is 4.98 Å². The van der Waals surface area contributed by atoms with Crippen LogP contribution in [0.25, 0.3) is 0 Å². The van der Waals surface area contributed by atoms with Gasteiger partial charge >= 0.3 is 0 Å². The van der Waals surface area contributed by atoms with Crippen LogP contribution in [0.3, 0.4) is 0 Å². The first-order chi connectivity index (χ1) is 17.0. The van der Waals surface area contributed by atoms with Crippen LogP contribution in [0.2, 0.25) is 0 Å². The molecule has 35 heavy (non-hydrogen) atoms. The minimum atomic E-state index is -0.719. The Balaban J connectivity index is 1.46. The molecule has 3 heterocycles. The van der Waals surface area contributed by atoms with Gasteiger partial charge in [-0.15, -0.1) is 0 Å². The second kappa shape index (κ2) is 10.0. The fraction of sp³-hybridized carbons (Fsp3) is 0.560. The van der Waals surface area contributed by atoms with Crippen molar-refractivity contribution >= 4 is 22.9 Å². The van der Waals surface area contributed by atoms with Crippen LogP contribution in [0.5, 0.6) is 17.0 Å². The molecule has 2 aromatic rings. The lowest BCUT2D eigenvalue weighted by molar-refractivity contribution is -0.129. The SMILES string of the molecule is CN1CCC[C@H]1COc1cc(Oc2nccs2)nc(C(=O)C2=C(N)[C@]3(CCCCC3=O)CCC2)n1. The molecule has 186 valence electrons. The van der Waals surface area contributed by atoms with E-state index in [1.165, 1.54) is 11.3 Å². The molecule has 1 saturated heterocycles. The van der Waals surface area contributed by atoms with Crippen LogP contribution in [-0.2, 0) is 4.79 Å². The second-order valence-electron chi connectivity index (χ2n) is 9.64. The summed E-state index contributed by atoms with van der Waals surface area (Å²) in [6.07, 6.45) is 8.79. The average molecular weight is 498 g/mol. The van der Waals surface area contributed by atoms with Crippen LogP contribution < -0.4 is 15.2 Å².